The largest absolute Gasteiger partial charge is 0.490 e. The molecule has 5 rings (SSSR count). The van der Waals surface area contributed by atoms with Crippen LogP contribution in [0.2, 0.25) is 5.02 Å². The second kappa shape index (κ2) is 13.6. The molecule has 8 nitrogen and oxygen atoms in total. The Hall–Kier alpha value is -2.88. The molecule has 44 heavy (non-hydrogen) atoms. The number of aliphatic hydroxyl groups excluding tert-OH is 1. The lowest BCUT2D eigenvalue weighted by Gasteiger charge is -2.44. The number of fused-ring (bicyclic) bond motifs is 2. The van der Waals surface area contributed by atoms with Gasteiger partial charge in [-0.25, -0.2) is 4.21 Å². The molecule has 1 aliphatic carbocycles. The molecule has 0 spiro atoms. The van der Waals surface area contributed by atoms with E-state index in [2.05, 4.69) is 40.0 Å². The Morgan fingerprint density at radius 1 is 1.23 bits per heavy atom. The molecule has 0 radical (unpaired) electrons. The number of anilines is 1. The van der Waals surface area contributed by atoms with E-state index < -0.39 is 27.8 Å². The van der Waals surface area contributed by atoms with Gasteiger partial charge in [0.15, 0.2) is 0 Å². The van der Waals surface area contributed by atoms with Crippen molar-refractivity contribution < 1.29 is 23.6 Å². The summed E-state index contributed by atoms with van der Waals surface area (Å²) in [5, 5.41) is 11.8. The van der Waals surface area contributed by atoms with Crippen molar-refractivity contribution in [3.63, 3.8) is 0 Å². The minimum absolute atomic E-state index is 0.0384. The van der Waals surface area contributed by atoms with Crippen LogP contribution in [0.5, 0.6) is 5.75 Å². The molecule has 2 bridgehead atoms. The fourth-order valence-electron chi connectivity index (χ4n) is 6.65. The molecule has 10 heteroatoms. The van der Waals surface area contributed by atoms with Crippen molar-refractivity contribution in [1.29, 1.82) is 0 Å². The van der Waals surface area contributed by atoms with Crippen molar-refractivity contribution in [3.05, 3.63) is 70.3 Å². The van der Waals surface area contributed by atoms with Crippen molar-refractivity contribution in [3.8, 4) is 5.75 Å². The highest BCUT2D eigenvalue weighted by Gasteiger charge is 2.41. The van der Waals surface area contributed by atoms with Crippen molar-refractivity contribution in [2.75, 3.05) is 30.3 Å². The molecule has 238 valence electrons. The molecule has 0 unspecified atom stereocenters. The molecular formula is C34H44ClN3O5S. The first-order chi connectivity index (χ1) is 21.0. The molecule has 2 heterocycles. The molecule has 1 fully saturated rings. The third-order valence-electron chi connectivity index (χ3n) is 9.19. The first-order valence-corrected chi connectivity index (χ1v) is 17.9. The zero-order valence-corrected chi connectivity index (χ0v) is 27.5. The maximum Gasteiger partial charge on any atom is 0.286 e. The number of halogens is 1. The van der Waals surface area contributed by atoms with Gasteiger partial charge < -0.3 is 14.7 Å². The molecule has 0 saturated heterocycles. The van der Waals surface area contributed by atoms with Crippen LogP contribution in [0.15, 0.2) is 52.9 Å². The summed E-state index contributed by atoms with van der Waals surface area (Å²) in [6.07, 6.45) is 8.13. The van der Waals surface area contributed by atoms with Crippen LogP contribution in [0.1, 0.15) is 80.8 Å². The predicted molar refractivity (Wildman–Crippen MR) is 176 cm³/mol. The lowest BCUT2D eigenvalue weighted by Crippen LogP contribution is -2.47. The quantitative estimate of drug-likeness (QED) is 0.375. The minimum Gasteiger partial charge on any atom is -0.490 e. The maximum absolute atomic E-state index is 13.7. The van der Waals surface area contributed by atoms with E-state index in [1.165, 1.54) is 11.1 Å². The maximum atomic E-state index is 13.7. The van der Waals surface area contributed by atoms with Gasteiger partial charge in [-0.2, -0.15) is 0 Å². The van der Waals surface area contributed by atoms with E-state index in [9.17, 15) is 18.9 Å². The number of carbonyl (C=O) groups excluding carboxylic acids is 2. The van der Waals surface area contributed by atoms with Crippen LogP contribution < -0.4 is 14.4 Å². The van der Waals surface area contributed by atoms with E-state index >= 15 is 0 Å². The van der Waals surface area contributed by atoms with Gasteiger partial charge in [-0.1, -0.05) is 57.0 Å². The SMILES string of the molecule is CCCc1cc(Cl)ccc1[C@]1(C)COc2ccc3cc2N(C[C@@H]2CC[C@H]2[C@@H](O)/C=C/CCC[S@](=O)(NC(=O)CC)=NC3=O)C1. The molecule has 2 N–H and O–H groups in total. The number of carbonyl (C=O) groups is 2. The van der Waals surface area contributed by atoms with Gasteiger partial charge in [0.05, 0.1) is 24.2 Å². The summed E-state index contributed by atoms with van der Waals surface area (Å²) in [6, 6.07) is 11.3. The normalized spacial score (nSPS) is 29.7. The number of ether oxygens (including phenoxy) is 1. The van der Waals surface area contributed by atoms with Gasteiger partial charge in [-0.3, -0.25) is 14.3 Å². The molecule has 3 aliphatic rings. The van der Waals surface area contributed by atoms with Crippen molar-refractivity contribution >= 4 is 39.0 Å². The van der Waals surface area contributed by atoms with Crippen LogP contribution in [-0.2, 0) is 26.5 Å². The molecule has 0 aromatic heterocycles. The lowest BCUT2D eigenvalue weighted by atomic mass is 9.70. The van der Waals surface area contributed by atoms with E-state index in [1.807, 2.05) is 18.2 Å². The average molecular weight is 642 g/mol. The van der Waals surface area contributed by atoms with Crippen molar-refractivity contribution in [2.24, 2.45) is 16.2 Å². The number of amides is 2. The Bertz CT molecular complexity index is 1550. The third-order valence-corrected chi connectivity index (χ3v) is 11.3. The Labute approximate surface area is 266 Å². The Kier molecular flexibility index (Phi) is 10.1. The molecule has 2 aromatic rings. The van der Waals surface area contributed by atoms with Crippen molar-refractivity contribution in [2.45, 2.75) is 77.2 Å². The van der Waals surface area contributed by atoms with Gasteiger partial charge in [0.25, 0.3) is 5.91 Å². The number of benzene rings is 2. The van der Waals surface area contributed by atoms with Gasteiger partial charge in [0, 0.05) is 35.5 Å². The minimum atomic E-state index is -3.33. The summed E-state index contributed by atoms with van der Waals surface area (Å²) in [7, 11) is -3.33. The number of aryl methyl sites for hydroxylation is 1. The molecular weight excluding hydrogens is 598 g/mol. The summed E-state index contributed by atoms with van der Waals surface area (Å²) in [5.74, 6) is 0.0319. The zero-order valence-electron chi connectivity index (χ0n) is 25.9. The van der Waals surface area contributed by atoms with Gasteiger partial charge in [-0.05, 0) is 85.4 Å². The summed E-state index contributed by atoms with van der Waals surface area (Å²) in [5.41, 5.74) is 3.06. The highest BCUT2D eigenvalue weighted by Crippen LogP contribution is 2.44. The Morgan fingerprint density at radius 2 is 2.05 bits per heavy atom. The van der Waals surface area contributed by atoms with E-state index in [1.54, 1.807) is 25.1 Å². The van der Waals surface area contributed by atoms with Crippen LogP contribution >= 0.6 is 11.6 Å². The third kappa shape index (κ3) is 7.16. The van der Waals surface area contributed by atoms with Crippen LogP contribution in [0, 0.1) is 11.8 Å². The zero-order chi connectivity index (χ0) is 31.5. The molecule has 2 amide bonds. The monoisotopic (exact) mass is 641 g/mol. The van der Waals surface area contributed by atoms with E-state index in [-0.39, 0.29) is 35.0 Å². The Morgan fingerprint density at radius 3 is 2.77 bits per heavy atom. The average Bonchev–Trinajstić information content (AvgIpc) is 3.11. The first-order valence-electron chi connectivity index (χ1n) is 15.8. The Balaban J connectivity index is 1.59. The fourth-order valence-corrected chi connectivity index (χ4v) is 8.51. The van der Waals surface area contributed by atoms with E-state index in [4.69, 9.17) is 16.3 Å². The molecule has 1 saturated carbocycles. The summed E-state index contributed by atoms with van der Waals surface area (Å²) >= 11 is 6.43. The van der Waals surface area contributed by atoms with Crippen LogP contribution in [0.25, 0.3) is 0 Å². The number of hydrogen-bond acceptors (Lipinski definition) is 6. The second-order valence-electron chi connectivity index (χ2n) is 12.6. The van der Waals surface area contributed by atoms with Gasteiger partial charge in [0.2, 0.25) is 5.91 Å². The number of nitrogens with zero attached hydrogens (tertiary/aromatic N) is 2. The standard InChI is InChI=1S/C34H44ClN3O5S/c1-4-9-23-18-26(35)13-15-28(23)34(3)21-38-20-25-11-14-27(25)30(39)10-7-6-8-17-44(42,36-32(40)5-2)37-33(41)24-12-16-31(43-22-34)29(38)19-24/h7,10,12-13,15-16,18-19,25,27,30,39H,4-6,8-9,11,14,17,20-22H2,1-3H3,(H,36,37,40,41,42)/b10-7+/t25-,27+,30-,34-,44-/m0/s1. The van der Waals surface area contributed by atoms with Gasteiger partial charge >= 0.3 is 0 Å². The molecule has 2 aromatic carbocycles. The predicted octanol–water partition coefficient (Wildman–Crippen LogP) is 6.24. The highest BCUT2D eigenvalue weighted by molar-refractivity contribution is 7.92. The summed E-state index contributed by atoms with van der Waals surface area (Å²) in [6.45, 7) is 7.79. The number of nitrogens with one attached hydrogen (secondary N) is 1. The van der Waals surface area contributed by atoms with Gasteiger partial charge in [0.1, 0.15) is 15.7 Å². The molecule has 2 aliphatic heterocycles. The van der Waals surface area contributed by atoms with E-state index in [0.717, 1.165) is 31.4 Å². The van der Waals surface area contributed by atoms with Crippen LogP contribution in [-0.4, -0.2) is 52.7 Å². The number of aliphatic hydroxyl groups is 1. The summed E-state index contributed by atoms with van der Waals surface area (Å²) < 4.78 is 26.8. The highest BCUT2D eigenvalue weighted by atomic mass is 35.5. The number of allylic oxidation sites excluding steroid dienone is 1. The van der Waals surface area contributed by atoms with Gasteiger partial charge in [-0.15, -0.1) is 4.36 Å². The topological polar surface area (TPSA) is 108 Å². The lowest BCUT2D eigenvalue weighted by molar-refractivity contribution is -0.118. The van der Waals surface area contributed by atoms with Crippen LogP contribution in [0.3, 0.4) is 0 Å². The van der Waals surface area contributed by atoms with Crippen LogP contribution in [0.4, 0.5) is 5.69 Å². The smallest absolute Gasteiger partial charge is 0.286 e. The number of hydrogen-bond donors (Lipinski definition) is 2. The van der Waals surface area contributed by atoms with Crippen molar-refractivity contribution in [1.82, 2.24) is 4.72 Å². The molecule has 5 atom stereocenters. The summed E-state index contributed by atoms with van der Waals surface area (Å²) in [4.78, 5) is 28.0. The fraction of sp³-hybridized carbons (Fsp3) is 0.529. The number of rotatable bonds is 5. The second-order valence-corrected chi connectivity index (χ2v) is 15.2. The van der Waals surface area contributed by atoms with E-state index in [0.29, 0.717) is 43.3 Å². The first kappa shape index (κ1) is 32.5.